The van der Waals surface area contributed by atoms with E-state index >= 15 is 0 Å². The Morgan fingerprint density at radius 1 is 1.21 bits per heavy atom. The third kappa shape index (κ3) is 4.48. The zero-order chi connectivity index (χ0) is 17.5. The maximum Gasteiger partial charge on any atom is 0.341 e. The van der Waals surface area contributed by atoms with Gasteiger partial charge in [0.05, 0.1) is 19.7 Å². The molecular weight excluding hydrogens is 326 g/mol. The van der Waals surface area contributed by atoms with Crippen LogP contribution in [-0.4, -0.2) is 38.6 Å². The number of ether oxygens (including phenoxy) is 1. The lowest BCUT2D eigenvalue weighted by molar-refractivity contribution is -0.914. The van der Waals surface area contributed by atoms with E-state index in [1.807, 2.05) is 0 Å². The number of nitrogens with one attached hydrogen (secondary N) is 2. The van der Waals surface area contributed by atoms with Crippen LogP contribution >= 0.6 is 11.3 Å². The minimum Gasteiger partial charge on any atom is -0.462 e. The Balaban J connectivity index is 2.32. The van der Waals surface area contributed by atoms with Gasteiger partial charge in [-0.3, -0.25) is 4.79 Å². The Bertz CT molecular complexity index is 578. The van der Waals surface area contributed by atoms with Gasteiger partial charge in [-0.05, 0) is 32.6 Å². The third-order valence-corrected chi connectivity index (χ3v) is 5.49. The summed E-state index contributed by atoms with van der Waals surface area (Å²) in [6.45, 7) is 4.82. The van der Waals surface area contributed by atoms with Gasteiger partial charge in [0.25, 0.3) is 5.91 Å². The van der Waals surface area contributed by atoms with E-state index in [1.54, 1.807) is 14.0 Å². The lowest BCUT2D eigenvalue weighted by Gasteiger charge is -2.22. The molecule has 0 saturated carbocycles. The molecular formula is C17H28N3O3S+. The van der Waals surface area contributed by atoms with Gasteiger partial charge in [0, 0.05) is 12.6 Å². The van der Waals surface area contributed by atoms with Crippen molar-refractivity contribution in [3.05, 3.63) is 16.0 Å². The van der Waals surface area contributed by atoms with Crippen LogP contribution in [0.4, 0.5) is 5.00 Å². The number of quaternary nitrogens is 1. The summed E-state index contributed by atoms with van der Waals surface area (Å²) in [4.78, 5) is 26.5. The van der Waals surface area contributed by atoms with Crippen LogP contribution in [0.15, 0.2) is 0 Å². The number of amides is 1. The molecule has 24 heavy (non-hydrogen) atoms. The molecule has 0 aliphatic carbocycles. The smallest absolute Gasteiger partial charge is 0.341 e. The number of likely N-dealkylation sites (tertiary alicyclic amines) is 1. The van der Waals surface area contributed by atoms with Gasteiger partial charge >= 0.3 is 5.97 Å². The molecule has 0 spiro atoms. The lowest BCUT2D eigenvalue weighted by Crippen LogP contribution is -3.10. The lowest BCUT2D eigenvalue weighted by atomic mass is 10.1. The summed E-state index contributed by atoms with van der Waals surface area (Å²) in [5.41, 5.74) is 7.18. The van der Waals surface area contributed by atoms with E-state index in [4.69, 9.17) is 10.5 Å². The highest BCUT2D eigenvalue weighted by Gasteiger charge is 2.29. The van der Waals surface area contributed by atoms with E-state index in [9.17, 15) is 9.59 Å². The van der Waals surface area contributed by atoms with Crippen LogP contribution in [-0.2, 0) is 11.3 Å². The molecule has 7 heteroatoms. The SMILES string of the molecule is CCOC(=O)c1c(N)sc(C(=O)NC)c1C[NH+]1CCCCCCC1. The molecule has 0 radical (unpaired) electrons. The largest absolute Gasteiger partial charge is 0.462 e. The van der Waals surface area contributed by atoms with E-state index in [-0.39, 0.29) is 5.91 Å². The van der Waals surface area contributed by atoms with Crippen molar-refractivity contribution >= 4 is 28.2 Å². The van der Waals surface area contributed by atoms with Crippen LogP contribution in [0.5, 0.6) is 0 Å². The van der Waals surface area contributed by atoms with Crippen molar-refractivity contribution in [1.82, 2.24) is 5.32 Å². The fourth-order valence-electron chi connectivity index (χ4n) is 3.21. The number of thiophene rings is 1. The molecule has 0 aromatic carbocycles. The second-order valence-corrected chi connectivity index (χ2v) is 7.20. The van der Waals surface area contributed by atoms with Gasteiger partial charge in [-0.25, -0.2) is 4.79 Å². The van der Waals surface area contributed by atoms with Gasteiger partial charge < -0.3 is 20.7 Å². The summed E-state index contributed by atoms with van der Waals surface area (Å²) >= 11 is 1.18. The van der Waals surface area contributed by atoms with Gasteiger partial charge in [-0.1, -0.05) is 6.42 Å². The molecule has 4 N–H and O–H groups in total. The second kappa shape index (κ2) is 9.03. The molecule has 1 aliphatic rings. The van der Waals surface area contributed by atoms with Crippen LogP contribution in [0.25, 0.3) is 0 Å². The highest BCUT2D eigenvalue weighted by molar-refractivity contribution is 7.18. The number of hydrogen-bond donors (Lipinski definition) is 3. The molecule has 1 amide bonds. The average Bonchev–Trinajstić information content (AvgIpc) is 2.85. The molecule has 1 aromatic rings. The van der Waals surface area contributed by atoms with E-state index in [0.717, 1.165) is 18.7 Å². The summed E-state index contributed by atoms with van der Waals surface area (Å²) in [5.74, 6) is -0.619. The predicted octanol–water partition coefficient (Wildman–Crippen LogP) is 1.22. The van der Waals surface area contributed by atoms with Crippen molar-refractivity contribution in [2.24, 2.45) is 0 Å². The number of anilines is 1. The van der Waals surface area contributed by atoms with Crippen molar-refractivity contribution in [2.45, 2.75) is 45.6 Å². The summed E-state index contributed by atoms with van der Waals surface area (Å²) in [6.07, 6.45) is 6.17. The highest BCUT2D eigenvalue weighted by Crippen LogP contribution is 2.31. The first-order valence-corrected chi connectivity index (χ1v) is 9.54. The van der Waals surface area contributed by atoms with Crippen molar-refractivity contribution in [2.75, 3.05) is 32.5 Å². The van der Waals surface area contributed by atoms with E-state index in [0.29, 0.717) is 28.6 Å². The fourth-order valence-corrected chi connectivity index (χ4v) is 4.23. The first-order chi connectivity index (χ1) is 11.6. The average molecular weight is 354 g/mol. The highest BCUT2D eigenvalue weighted by atomic mass is 32.1. The number of nitrogen functional groups attached to an aromatic ring is 1. The van der Waals surface area contributed by atoms with Crippen LogP contribution < -0.4 is 16.0 Å². The Kier molecular flexibility index (Phi) is 7.05. The Labute approximate surface area is 147 Å². The minimum absolute atomic E-state index is 0.191. The Morgan fingerprint density at radius 2 is 1.83 bits per heavy atom. The summed E-state index contributed by atoms with van der Waals surface area (Å²) in [7, 11) is 1.59. The molecule has 6 nitrogen and oxygen atoms in total. The maximum absolute atomic E-state index is 12.3. The van der Waals surface area contributed by atoms with Crippen LogP contribution in [0.3, 0.4) is 0 Å². The van der Waals surface area contributed by atoms with Gasteiger partial charge in [-0.2, -0.15) is 0 Å². The summed E-state index contributed by atoms with van der Waals surface area (Å²) in [5, 5.41) is 3.02. The Hall–Kier alpha value is -1.60. The third-order valence-electron chi connectivity index (χ3n) is 4.43. The van der Waals surface area contributed by atoms with Crippen molar-refractivity contribution < 1.29 is 19.2 Å². The Morgan fingerprint density at radius 3 is 2.42 bits per heavy atom. The molecule has 0 unspecified atom stereocenters. The second-order valence-electron chi connectivity index (χ2n) is 6.14. The van der Waals surface area contributed by atoms with Crippen molar-refractivity contribution in [1.29, 1.82) is 0 Å². The molecule has 2 rings (SSSR count). The van der Waals surface area contributed by atoms with Crippen LogP contribution in [0.1, 0.15) is 64.6 Å². The number of esters is 1. The molecule has 2 heterocycles. The summed E-state index contributed by atoms with van der Waals surface area (Å²) < 4.78 is 5.16. The molecule has 1 aromatic heterocycles. The standard InChI is InChI=1S/C17H27N3O3S/c1-3-23-17(22)13-12(14(16(21)19-2)24-15(13)18)11-20-9-7-5-4-6-8-10-20/h3-11,18H2,1-2H3,(H,19,21)/p+1. The van der Waals surface area contributed by atoms with Gasteiger partial charge in [-0.15, -0.1) is 11.3 Å². The van der Waals surface area contributed by atoms with E-state index in [1.165, 1.54) is 48.3 Å². The number of rotatable bonds is 5. The van der Waals surface area contributed by atoms with Crippen molar-refractivity contribution in [3.63, 3.8) is 0 Å². The molecule has 134 valence electrons. The zero-order valence-corrected chi connectivity index (χ0v) is 15.4. The monoisotopic (exact) mass is 354 g/mol. The van der Waals surface area contributed by atoms with Gasteiger partial charge in [0.15, 0.2) is 0 Å². The normalized spacial score (nSPS) is 16.2. The predicted molar refractivity (Wildman–Crippen MR) is 95.6 cm³/mol. The quantitative estimate of drug-likeness (QED) is 0.694. The van der Waals surface area contributed by atoms with Crippen LogP contribution in [0.2, 0.25) is 0 Å². The first kappa shape index (κ1) is 18.7. The topological polar surface area (TPSA) is 85.9 Å². The van der Waals surface area contributed by atoms with E-state index in [2.05, 4.69) is 5.32 Å². The summed E-state index contributed by atoms with van der Waals surface area (Å²) in [6, 6.07) is 0. The molecule has 1 saturated heterocycles. The molecule has 0 bridgehead atoms. The minimum atomic E-state index is -0.428. The van der Waals surface area contributed by atoms with Crippen LogP contribution in [0, 0.1) is 0 Å². The molecule has 1 fully saturated rings. The number of hydrogen-bond acceptors (Lipinski definition) is 5. The zero-order valence-electron chi connectivity index (χ0n) is 14.6. The fraction of sp³-hybridized carbons (Fsp3) is 0.647. The first-order valence-electron chi connectivity index (χ1n) is 8.72. The van der Waals surface area contributed by atoms with Gasteiger partial charge in [0.2, 0.25) is 0 Å². The van der Waals surface area contributed by atoms with Crippen molar-refractivity contribution in [3.8, 4) is 0 Å². The van der Waals surface area contributed by atoms with E-state index < -0.39 is 5.97 Å². The number of carbonyl (C=O) groups excluding carboxylic acids is 2. The molecule has 0 atom stereocenters. The number of nitrogens with two attached hydrogens (primary N) is 1. The number of carbonyl (C=O) groups is 2. The maximum atomic E-state index is 12.3. The van der Waals surface area contributed by atoms with Gasteiger partial charge in [0.1, 0.15) is 22.0 Å². The molecule has 1 aliphatic heterocycles.